The molecule has 0 aliphatic heterocycles. The number of anilines is 1. The van der Waals surface area contributed by atoms with Gasteiger partial charge in [-0.1, -0.05) is 65.4 Å². The average Bonchev–Trinajstić information content (AvgIpc) is 3.42. The number of hydrogen-bond donors (Lipinski definition) is 0. The van der Waals surface area contributed by atoms with Crippen LogP contribution in [0.1, 0.15) is 23.0 Å². The molecular formula is C25H19ClN2O3S. The molecule has 0 saturated carbocycles. The van der Waals surface area contributed by atoms with Gasteiger partial charge in [-0.3, -0.25) is 9.69 Å². The lowest BCUT2D eigenvalue weighted by atomic mass is 10.2. The van der Waals surface area contributed by atoms with Crippen LogP contribution in [0, 0.1) is 0 Å². The number of amides is 1. The van der Waals surface area contributed by atoms with E-state index in [9.17, 15) is 4.79 Å². The highest BCUT2D eigenvalue weighted by Gasteiger charge is 2.25. The Bertz CT molecular complexity index is 1410. The number of hydrogen-bond acceptors (Lipinski definition) is 5. The predicted octanol–water partition coefficient (Wildman–Crippen LogP) is 6.94. The Labute approximate surface area is 193 Å². The normalized spacial score (nSPS) is 11.2. The number of para-hydroxylation sites is 1. The minimum atomic E-state index is -0.266. The number of halogens is 1. The van der Waals surface area contributed by atoms with Gasteiger partial charge in [-0.05, 0) is 42.8 Å². The van der Waals surface area contributed by atoms with Crippen LogP contribution in [0.4, 0.5) is 5.13 Å². The second-order valence-electron chi connectivity index (χ2n) is 7.20. The zero-order chi connectivity index (χ0) is 22.1. The number of nitrogens with zero attached hydrogens (tertiary/aromatic N) is 2. The fraction of sp³-hybridized carbons (Fsp3) is 0.120. The van der Waals surface area contributed by atoms with Crippen molar-refractivity contribution in [2.24, 2.45) is 0 Å². The number of aromatic nitrogens is 1. The molecule has 2 heterocycles. The van der Waals surface area contributed by atoms with E-state index >= 15 is 0 Å². The van der Waals surface area contributed by atoms with Crippen molar-refractivity contribution in [1.29, 1.82) is 0 Å². The largest absolute Gasteiger partial charge is 0.490 e. The minimum Gasteiger partial charge on any atom is -0.490 e. The summed E-state index contributed by atoms with van der Waals surface area (Å²) in [5.74, 6) is 0.589. The van der Waals surface area contributed by atoms with Gasteiger partial charge in [0.05, 0.1) is 23.4 Å². The van der Waals surface area contributed by atoms with Gasteiger partial charge in [0.15, 0.2) is 22.2 Å². The Kier molecular flexibility index (Phi) is 5.55. The summed E-state index contributed by atoms with van der Waals surface area (Å²) >= 11 is 7.58. The molecule has 0 unspecified atom stereocenters. The molecule has 5 rings (SSSR count). The highest BCUT2D eigenvalue weighted by Crippen LogP contribution is 2.34. The van der Waals surface area contributed by atoms with Crippen LogP contribution in [-0.4, -0.2) is 17.5 Å². The van der Waals surface area contributed by atoms with Gasteiger partial charge < -0.3 is 9.15 Å². The molecule has 0 spiro atoms. The van der Waals surface area contributed by atoms with Crippen molar-refractivity contribution in [2.45, 2.75) is 13.5 Å². The lowest BCUT2D eigenvalue weighted by molar-refractivity contribution is 0.0960. The maximum Gasteiger partial charge on any atom is 0.296 e. The lowest BCUT2D eigenvalue weighted by Crippen LogP contribution is -2.30. The van der Waals surface area contributed by atoms with E-state index in [0.29, 0.717) is 34.6 Å². The molecule has 5 aromatic rings. The molecule has 1 amide bonds. The molecule has 0 radical (unpaired) electrons. The van der Waals surface area contributed by atoms with Gasteiger partial charge in [-0.15, -0.1) is 0 Å². The number of furan rings is 1. The highest BCUT2D eigenvalue weighted by atomic mass is 35.5. The SMILES string of the molecule is CCOc1cccc2cc(C(=O)N(Cc3ccccc3)c3nc4ccc(Cl)cc4s3)oc12. The summed E-state index contributed by atoms with van der Waals surface area (Å²) in [6, 6.07) is 22.7. The third kappa shape index (κ3) is 3.95. The minimum absolute atomic E-state index is 0.236. The topological polar surface area (TPSA) is 55.6 Å². The molecule has 7 heteroatoms. The van der Waals surface area contributed by atoms with E-state index in [4.69, 9.17) is 25.7 Å². The molecular weight excluding hydrogens is 444 g/mol. The first-order valence-corrected chi connectivity index (χ1v) is 11.4. The summed E-state index contributed by atoms with van der Waals surface area (Å²) in [7, 11) is 0. The van der Waals surface area contributed by atoms with Gasteiger partial charge in [-0.25, -0.2) is 4.98 Å². The fourth-order valence-electron chi connectivity index (χ4n) is 3.54. The average molecular weight is 463 g/mol. The summed E-state index contributed by atoms with van der Waals surface area (Å²) in [5.41, 5.74) is 2.35. The quantitative estimate of drug-likeness (QED) is 0.274. The number of carbonyl (C=O) groups is 1. The maximum atomic E-state index is 13.7. The van der Waals surface area contributed by atoms with E-state index in [1.807, 2.05) is 67.6 Å². The molecule has 0 atom stereocenters. The van der Waals surface area contributed by atoms with Gasteiger partial charge in [0.1, 0.15) is 0 Å². The molecule has 2 aromatic heterocycles. The lowest BCUT2D eigenvalue weighted by Gasteiger charge is -2.18. The number of rotatable bonds is 6. The zero-order valence-electron chi connectivity index (χ0n) is 17.2. The van der Waals surface area contributed by atoms with Gasteiger partial charge in [0.2, 0.25) is 0 Å². The first kappa shape index (κ1) is 20.5. The second kappa shape index (κ2) is 8.65. The molecule has 0 aliphatic rings. The Morgan fingerprint density at radius 3 is 2.75 bits per heavy atom. The number of carbonyl (C=O) groups excluding carboxylic acids is 1. The Hall–Kier alpha value is -3.35. The van der Waals surface area contributed by atoms with Crippen molar-refractivity contribution in [1.82, 2.24) is 4.98 Å². The zero-order valence-corrected chi connectivity index (χ0v) is 18.8. The third-order valence-electron chi connectivity index (χ3n) is 5.02. The predicted molar refractivity (Wildman–Crippen MR) is 129 cm³/mol. The van der Waals surface area contributed by atoms with Gasteiger partial charge in [0, 0.05) is 10.4 Å². The number of fused-ring (bicyclic) bond motifs is 2. The maximum absolute atomic E-state index is 13.7. The molecule has 0 saturated heterocycles. The summed E-state index contributed by atoms with van der Waals surface area (Å²) in [5, 5.41) is 2.03. The van der Waals surface area contributed by atoms with Crippen LogP contribution in [0.3, 0.4) is 0 Å². The highest BCUT2D eigenvalue weighted by molar-refractivity contribution is 7.22. The van der Waals surface area contributed by atoms with E-state index < -0.39 is 0 Å². The van der Waals surface area contributed by atoms with E-state index in [-0.39, 0.29) is 11.7 Å². The van der Waals surface area contributed by atoms with E-state index in [1.165, 1.54) is 11.3 Å². The smallest absolute Gasteiger partial charge is 0.296 e. The van der Waals surface area contributed by atoms with E-state index in [1.54, 1.807) is 17.0 Å². The number of ether oxygens (including phenoxy) is 1. The molecule has 0 bridgehead atoms. The molecule has 0 N–H and O–H groups in total. The van der Waals surface area contributed by atoms with Crippen molar-refractivity contribution >= 4 is 55.2 Å². The van der Waals surface area contributed by atoms with Gasteiger partial charge in [-0.2, -0.15) is 0 Å². The molecule has 32 heavy (non-hydrogen) atoms. The molecule has 160 valence electrons. The van der Waals surface area contributed by atoms with Crippen LogP contribution in [0.2, 0.25) is 5.02 Å². The standard InChI is InChI=1S/C25H19ClN2O3S/c1-2-30-20-10-6-9-17-13-21(31-23(17)20)24(29)28(15-16-7-4-3-5-8-16)25-27-19-12-11-18(26)14-22(19)32-25/h3-14H,2,15H2,1H3. The summed E-state index contributed by atoms with van der Waals surface area (Å²) in [4.78, 5) is 20.0. The third-order valence-corrected chi connectivity index (χ3v) is 6.29. The van der Waals surface area contributed by atoms with Crippen molar-refractivity contribution in [3.63, 3.8) is 0 Å². The van der Waals surface area contributed by atoms with Crippen LogP contribution >= 0.6 is 22.9 Å². The summed E-state index contributed by atoms with van der Waals surface area (Å²) in [6.45, 7) is 2.79. The first-order valence-electron chi connectivity index (χ1n) is 10.2. The van der Waals surface area contributed by atoms with Crippen LogP contribution in [-0.2, 0) is 6.54 Å². The summed E-state index contributed by atoms with van der Waals surface area (Å²) in [6.07, 6.45) is 0. The fourth-order valence-corrected chi connectivity index (χ4v) is 4.78. The molecule has 0 fully saturated rings. The molecule has 5 nitrogen and oxygen atoms in total. The van der Waals surface area contributed by atoms with Crippen LogP contribution in [0.25, 0.3) is 21.2 Å². The van der Waals surface area contributed by atoms with Crippen molar-refractivity contribution in [2.75, 3.05) is 11.5 Å². The van der Waals surface area contributed by atoms with E-state index in [2.05, 4.69) is 0 Å². The van der Waals surface area contributed by atoms with Crippen molar-refractivity contribution < 1.29 is 13.9 Å². The molecule has 0 aliphatic carbocycles. The Morgan fingerprint density at radius 1 is 1.09 bits per heavy atom. The van der Waals surface area contributed by atoms with Crippen molar-refractivity contribution in [3.05, 3.63) is 89.1 Å². The van der Waals surface area contributed by atoms with Gasteiger partial charge in [0.25, 0.3) is 5.91 Å². The first-order chi connectivity index (χ1) is 15.6. The Balaban J connectivity index is 1.58. The monoisotopic (exact) mass is 462 g/mol. The summed E-state index contributed by atoms with van der Waals surface area (Å²) < 4.78 is 12.6. The number of thiazole rings is 1. The number of benzene rings is 3. The van der Waals surface area contributed by atoms with Crippen LogP contribution < -0.4 is 9.64 Å². The van der Waals surface area contributed by atoms with Crippen LogP contribution in [0.15, 0.2) is 77.2 Å². The van der Waals surface area contributed by atoms with Crippen LogP contribution in [0.5, 0.6) is 5.75 Å². The van der Waals surface area contributed by atoms with E-state index in [0.717, 1.165) is 21.2 Å². The van der Waals surface area contributed by atoms with Gasteiger partial charge >= 0.3 is 0 Å². The van der Waals surface area contributed by atoms with Crippen molar-refractivity contribution in [3.8, 4) is 5.75 Å². The Morgan fingerprint density at radius 2 is 1.94 bits per heavy atom. The second-order valence-corrected chi connectivity index (χ2v) is 8.65. The molecule has 3 aromatic carbocycles.